The second kappa shape index (κ2) is 7.51. The summed E-state index contributed by atoms with van der Waals surface area (Å²) in [4.78, 5) is 36.6. The molecule has 0 unspecified atom stereocenters. The molecule has 0 spiro atoms. The molecule has 0 aromatic carbocycles. The third kappa shape index (κ3) is 4.15. The van der Waals surface area contributed by atoms with Crippen LogP contribution >= 0.6 is 0 Å². The standard InChI is InChI=1S/C17H25NO6/c1-8-18-10(2)13(15(20)24-17(3,4)5)11(9-12(19)22-6)14(18)16(21)23-7/h8-9H2,1-7H3. The number of nitrogens with zero attached hydrogens (tertiary/aromatic N) is 1. The van der Waals surface area contributed by atoms with Crippen LogP contribution in [0.15, 0.2) is 0 Å². The van der Waals surface area contributed by atoms with Crippen LogP contribution in [-0.2, 0) is 32.0 Å². The van der Waals surface area contributed by atoms with Crippen LogP contribution in [0.4, 0.5) is 0 Å². The second-order valence-electron chi connectivity index (χ2n) is 6.28. The third-order valence-electron chi connectivity index (χ3n) is 3.47. The average Bonchev–Trinajstić information content (AvgIpc) is 2.76. The maximum Gasteiger partial charge on any atom is 0.355 e. The minimum Gasteiger partial charge on any atom is -0.469 e. The fourth-order valence-electron chi connectivity index (χ4n) is 2.52. The largest absolute Gasteiger partial charge is 0.469 e. The zero-order chi connectivity index (χ0) is 18.7. The fraction of sp³-hybridized carbons (Fsp3) is 0.588. The number of ether oxygens (including phenoxy) is 3. The van der Waals surface area contributed by atoms with E-state index in [1.165, 1.54) is 14.2 Å². The molecular formula is C17H25NO6. The normalized spacial score (nSPS) is 11.1. The lowest BCUT2D eigenvalue weighted by atomic mass is 10.0. The zero-order valence-electron chi connectivity index (χ0n) is 15.3. The van der Waals surface area contributed by atoms with E-state index in [1.807, 2.05) is 6.92 Å². The Morgan fingerprint density at radius 3 is 2.04 bits per heavy atom. The summed E-state index contributed by atoms with van der Waals surface area (Å²) in [5.41, 5.74) is 0.487. The highest BCUT2D eigenvalue weighted by Crippen LogP contribution is 2.27. The summed E-state index contributed by atoms with van der Waals surface area (Å²) in [6.45, 7) is 9.22. The van der Waals surface area contributed by atoms with E-state index in [4.69, 9.17) is 9.47 Å². The molecule has 0 atom stereocenters. The van der Waals surface area contributed by atoms with Gasteiger partial charge in [0.2, 0.25) is 0 Å². The van der Waals surface area contributed by atoms with Crippen LogP contribution in [0.25, 0.3) is 0 Å². The molecule has 1 heterocycles. The molecule has 24 heavy (non-hydrogen) atoms. The van der Waals surface area contributed by atoms with Crippen LogP contribution in [0.3, 0.4) is 0 Å². The van der Waals surface area contributed by atoms with Crippen molar-refractivity contribution in [1.82, 2.24) is 4.57 Å². The van der Waals surface area contributed by atoms with E-state index in [0.29, 0.717) is 12.2 Å². The van der Waals surface area contributed by atoms with Gasteiger partial charge in [-0.2, -0.15) is 0 Å². The van der Waals surface area contributed by atoms with Gasteiger partial charge in [0.05, 0.1) is 26.2 Å². The van der Waals surface area contributed by atoms with E-state index >= 15 is 0 Å². The van der Waals surface area contributed by atoms with Crippen molar-refractivity contribution in [2.45, 2.75) is 53.2 Å². The number of carbonyl (C=O) groups excluding carboxylic acids is 3. The number of methoxy groups -OCH3 is 2. The zero-order valence-corrected chi connectivity index (χ0v) is 15.3. The van der Waals surface area contributed by atoms with Crippen molar-refractivity contribution < 1.29 is 28.6 Å². The van der Waals surface area contributed by atoms with E-state index in [-0.39, 0.29) is 23.2 Å². The average molecular weight is 339 g/mol. The molecule has 1 aromatic heterocycles. The Bertz CT molecular complexity index is 651. The number of hydrogen-bond donors (Lipinski definition) is 0. The third-order valence-corrected chi connectivity index (χ3v) is 3.47. The summed E-state index contributed by atoms with van der Waals surface area (Å²) >= 11 is 0. The molecular weight excluding hydrogens is 314 g/mol. The number of hydrogen-bond acceptors (Lipinski definition) is 6. The molecule has 0 aliphatic heterocycles. The SMILES string of the molecule is CCn1c(C)c(C(=O)OC(C)(C)C)c(CC(=O)OC)c1C(=O)OC. The summed E-state index contributed by atoms with van der Waals surface area (Å²) in [5.74, 6) is -1.76. The summed E-state index contributed by atoms with van der Waals surface area (Å²) < 4.78 is 16.6. The van der Waals surface area contributed by atoms with Crippen LogP contribution in [0.1, 0.15) is 59.8 Å². The molecule has 1 aromatic rings. The van der Waals surface area contributed by atoms with Gasteiger partial charge < -0.3 is 18.8 Å². The van der Waals surface area contributed by atoms with Gasteiger partial charge in [0.25, 0.3) is 0 Å². The van der Waals surface area contributed by atoms with Crippen LogP contribution in [0.5, 0.6) is 0 Å². The highest BCUT2D eigenvalue weighted by atomic mass is 16.6. The Balaban J connectivity index is 3.60. The van der Waals surface area contributed by atoms with Crippen molar-refractivity contribution in [2.24, 2.45) is 0 Å². The number of carbonyl (C=O) groups is 3. The van der Waals surface area contributed by atoms with Crippen molar-refractivity contribution in [3.05, 3.63) is 22.5 Å². The lowest BCUT2D eigenvalue weighted by Gasteiger charge is -2.20. The molecule has 0 radical (unpaired) electrons. The molecule has 0 fully saturated rings. The maximum atomic E-state index is 12.6. The van der Waals surface area contributed by atoms with E-state index in [9.17, 15) is 14.4 Å². The molecule has 0 aliphatic carbocycles. The molecule has 134 valence electrons. The van der Waals surface area contributed by atoms with Crippen molar-refractivity contribution in [2.75, 3.05) is 14.2 Å². The molecule has 1 rings (SSSR count). The quantitative estimate of drug-likeness (QED) is 0.604. The second-order valence-corrected chi connectivity index (χ2v) is 6.28. The van der Waals surface area contributed by atoms with E-state index < -0.39 is 23.5 Å². The molecule has 0 saturated heterocycles. The van der Waals surface area contributed by atoms with Gasteiger partial charge in [-0.1, -0.05) is 0 Å². The molecule has 0 N–H and O–H groups in total. The van der Waals surface area contributed by atoms with Gasteiger partial charge in [0.1, 0.15) is 11.3 Å². The van der Waals surface area contributed by atoms with Gasteiger partial charge >= 0.3 is 17.9 Å². The first-order chi connectivity index (χ1) is 11.1. The van der Waals surface area contributed by atoms with Gasteiger partial charge in [-0.15, -0.1) is 0 Å². The van der Waals surface area contributed by atoms with Crippen LogP contribution in [0.2, 0.25) is 0 Å². The number of esters is 3. The first-order valence-corrected chi connectivity index (χ1v) is 7.67. The predicted octanol–water partition coefficient (Wildman–Crippen LogP) is 2.27. The monoisotopic (exact) mass is 339 g/mol. The van der Waals surface area contributed by atoms with Crippen LogP contribution < -0.4 is 0 Å². The highest BCUT2D eigenvalue weighted by Gasteiger charge is 2.32. The Kier molecular flexibility index (Phi) is 6.17. The van der Waals surface area contributed by atoms with Gasteiger partial charge in [-0.25, -0.2) is 9.59 Å². The molecule has 0 bridgehead atoms. The van der Waals surface area contributed by atoms with Gasteiger partial charge in [-0.3, -0.25) is 4.79 Å². The number of aromatic nitrogens is 1. The fourth-order valence-corrected chi connectivity index (χ4v) is 2.52. The molecule has 0 amide bonds. The van der Waals surface area contributed by atoms with Crippen molar-refractivity contribution >= 4 is 17.9 Å². The van der Waals surface area contributed by atoms with Gasteiger partial charge in [0, 0.05) is 17.8 Å². The lowest BCUT2D eigenvalue weighted by Crippen LogP contribution is -2.25. The highest BCUT2D eigenvalue weighted by molar-refractivity contribution is 6.00. The smallest absolute Gasteiger partial charge is 0.355 e. The van der Waals surface area contributed by atoms with Crippen molar-refractivity contribution in [3.63, 3.8) is 0 Å². The van der Waals surface area contributed by atoms with Gasteiger partial charge in [0.15, 0.2) is 0 Å². The summed E-state index contributed by atoms with van der Waals surface area (Å²) in [5, 5.41) is 0. The van der Waals surface area contributed by atoms with Crippen molar-refractivity contribution in [3.8, 4) is 0 Å². The maximum absolute atomic E-state index is 12.6. The van der Waals surface area contributed by atoms with Crippen LogP contribution in [-0.4, -0.2) is 42.3 Å². The molecule has 7 nitrogen and oxygen atoms in total. The first kappa shape index (κ1) is 19.7. The first-order valence-electron chi connectivity index (χ1n) is 7.67. The topological polar surface area (TPSA) is 83.8 Å². The summed E-state index contributed by atoms with van der Waals surface area (Å²) in [6, 6.07) is 0. The Morgan fingerprint density at radius 1 is 1.04 bits per heavy atom. The van der Waals surface area contributed by atoms with Crippen molar-refractivity contribution in [1.29, 1.82) is 0 Å². The Labute approximate surface area is 141 Å². The molecule has 0 aliphatic rings. The van der Waals surface area contributed by atoms with Gasteiger partial charge in [-0.05, 0) is 34.6 Å². The number of rotatable bonds is 5. The summed E-state index contributed by atoms with van der Waals surface area (Å²) in [7, 11) is 2.50. The Hall–Kier alpha value is -2.31. The Morgan fingerprint density at radius 2 is 1.62 bits per heavy atom. The van der Waals surface area contributed by atoms with Crippen LogP contribution in [0, 0.1) is 6.92 Å². The minimum absolute atomic E-state index is 0.170. The summed E-state index contributed by atoms with van der Waals surface area (Å²) in [6.07, 6.45) is -0.219. The molecule has 7 heteroatoms. The van der Waals surface area contributed by atoms with E-state index in [1.54, 1.807) is 32.3 Å². The van der Waals surface area contributed by atoms with E-state index in [2.05, 4.69) is 4.74 Å². The lowest BCUT2D eigenvalue weighted by molar-refractivity contribution is -0.139. The van der Waals surface area contributed by atoms with E-state index in [0.717, 1.165) is 0 Å². The molecule has 0 saturated carbocycles. The predicted molar refractivity (Wildman–Crippen MR) is 87.1 cm³/mol. The minimum atomic E-state index is -0.703.